The molecular weight excluding hydrogens is 437 g/mol. The number of rotatable bonds is 7. The van der Waals surface area contributed by atoms with Crippen LogP contribution in [0, 0.1) is 5.82 Å². The quantitative estimate of drug-likeness (QED) is 0.405. The standard InChI is InChI=1S/C23H19ClFN3O4/c1-31-20-10-5-15(11-21(20)32-2)22(29)27-19-9-6-16(24)12-18(19)23(30)28-26-13-14-3-7-17(25)8-4-14/h3-13H,1-2H3,(H,27,29)(H,28,30). The molecule has 0 unspecified atom stereocenters. The van der Waals surface area contributed by atoms with E-state index >= 15 is 0 Å². The number of benzene rings is 3. The van der Waals surface area contributed by atoms with Crippen LogP contribution in [-0.4, -0.2) is 32.2 Å². The van der Waals surface area contributed by atoms with Crippen LogP contribution in [0.1, 0.15) is 26.3 Å². The molecule has 0 radical (unpaired) electrons. The highest BCUT2D eigenvalue weighted by molar-refractivity contribution is 6.31. The molecule has 2 N–H and O–H groups in total. The first-order valence-corrected chi connectivity index (χ1v) is 9.71. The first-order chi connectivity index (χ1) is 15.4. The third kappa shape index (κ3) is 5.61. The smallest absolute Gasteiger partial charge is 0.273 e. The van der Waals surface area contributed by atoms with Crippen molar-refractivity contribution in [3.63, 3.8) is 0 Å². The van der Waals surface area contributed by atoms with Crippen LogP contribution in [0.3, 0.4) is 0 Å². The Kier molecular flexibility index (Phi) is 7.41. The fourth-order valence-corrected chi connectivity index (χ4v) is 2.93. The molecular formula is C23H19ClFN3O4. The fraction of sp³-hybridized carbons (Fsp3) is 0.0870. The Morgan fingerprint density at radius 3 is 2.34 bits per heavy atom. The predicted octanol–water partition coefficient (Wildman–Crippen LogP) is 4.51. The van der Waals surface area contributed by atoms with Crippen LogP contribution in [-0.2, 0) is 0 Å². The van der Waals surface area contributed by atoms with Gasteiger partial charge in [-0.3, -0.25) is 9.59 Å². The summed E-state index contributed by atoms with van der Waals surface area (Å²) in [4.78, 5) is 25.4. The van der Waals surface area contributed by atoms with Crippen LogP contribution >= 0.6 is 11.6 Å². The molecule has 0 aliphatic rings. The number of hydrogen-bond donors (Lipinski definition) is 2. The van der Waals surface area contributed by atoms with Gasteiger partial charge < -0.3 is 14.8 Å². The second kappa shape index (κ2) is 10.4. The van der Waals surface area contributed by atoms with E-state index in [-0.39, 0.29) is 17.1 Å². The first kappa shape index (κ1) is 22.8. The van der Waals surface area contributed by atoms with Crippen molar-refractivity contribution in [3.8, 4) is 11.5 Å². The van der Waals surface area contributed by atoms with Crippen LogP contribution in [0.2, 0.25) is 5.02 Å². The summed E-state index contributed by atoms with van der Waals surface area (Å²) in [7, 11) is 2.96. The van der Waals surface area contributed by atoms with Gasteiger partial charge in [-0.2, -0.15) is 5.10 Å². The van der Waals surface area contributed by atoms with E-state index in [1.807, 2.05) is 0 Å². The lowest BCUT2D eigenvalue weighted by molar-refractivity contribution is 0.0956. The molecule has 2 amide bonds. The molecule has 0 saturated carbocycles. The van der Waals surface area contributed by atoms with E-state index in [9.17, 15) is 14.0 Å². The normalized spacial score (nSPS) is 10.6. The first-order valence-electron chi connectivity index (χ1n) is 9.33. The molecule has 164 valence electrons. The van der Waals surface area contributed by atoms with Crippen molar-refractivity contribution in [1.82, 2.24) is 5.43 Å². The summed E-state index contributed by atoms with van der Waals surface area (Å²) in [5.74, 6) is -0.551. The van der Waals surface area contributed by atoms with Gasteiger partial charge in [0.05, 0.1) is 31.7 Å². The highest BCUT2D eigenvalue weighted by Crippen LogP contribution is 2.28. The van der Waals surface area contributed by atoms with Crippen molar-refractivity contribution < 1.29 is 23.5 Å². The van der Waals surface area contributed by atoms with Crippen molar-refractivity contribution in [2.24, 2.45) is 5.10 Å². The zero-order valence-electron chi connectivity index (χ0n) is 17.2. The van der Waals surface area contributed by atoms with Gasteiger partial charge in [0.25, 0.3) is 11.8 Å². The zero-order valence-corrected chi connectivity index (χ0v) is 17.9. The maximum atomic E-state index is 13.0. The molecule has 32 heavy (non-hydrogen) atoms. The van der Waals surface area contributed by atoms with Gasteiger partial charge in [0, 0.05) is 10.6 Å². The molecule has 0 aliphatic carbocycles. The molecule has 9 heteroatoms. The average Bonchev–Trinajstić information content (AvgIpc) is 2.80. The molecule has 3 aromatic carbocycles. The van der Waals surface area contributed by atoms with Gasteiger partial charge in [0.15, 0.2) is 11.5 Å². The third-order valence-electron chi connectivity index (χ3n) is 4.37. The number of carbonyl (C=O) groups is 2. The summed E-state index contributed by atoms with van der Waals surface area (Å²) in [6.07, 6.45) is 1.36. The zero-order chi connectivity index (χ0) is 23.1. The number of amides is 2. The summed E-state index contributed by atoms with van der Waals surface area (Å²) in [6, 6.07) is 14.8. The molecule has 0 fully saturated rings. The van der Waals surface area contributed by atoms with Crippen LogP contribution < -0.4 is 20.2 Å². The molecule has 3 rings (SSSR count). The Balaban J connectivity index is 1.77. The Labute approximate surface area is 188 Å². The van der Waals surface area contributed by atoms with Crippen LogP contribution in [0.25, 0.3) is 0 Å². The lowest BCUT2D eigenvalue weighted by Crippen LogP contribution is -2.21. The van der Waals surface area contributed by atoms with Crippen LogP contribution in [0.5, 0.6) is 11.5 Å². The van der Waals surface area contributed by atoms with E-state index < -0.39 is 11.8 Å². The third-order valence-corrected chi connectivity index (χ3v) is 4.60. The Bertz CT molecular complexity index is 1170. The highest BCUT2D eigenvalue weighted by atomic mass is 35.5. The maximum absolute atomic E-state index is 13.0. The maximum Gasteiger partial charge on any atom is 0.273 e. The Morgan fingerprint density at radius 2 is 1.66 bits per heavy atom. The topological polar surface area (TPSA) is 89.0 Å². The van der Waals surface area contributed by atoms with E-state index in [0.29, 0.717) is 27.6 Å². The van der Waals surface area contributed by atoms with Crippen molar-refractivity contribution in [2.45, 2.75) is 0 Å². The minimum Gasteiger partial charge on any atom is -0.493 e. The average molecular weight is 456 g/mol. The number of anilines is 1. The number of nitrogens with one attached hydrogen (secondary N) is 2. The van der Waals surface area contributed by atoms with E-state index in [4.69, 9.17) is 21.1 Å². The number of ether oxygens (including phenoxy) is 2. The Hall–Kier alpha value is -3.91. The minimum atomic E-state index is -0.589. The van der Waals surface area contributed by atoms with Crippen molar-refractivity contribution in [2.75, 3.05) is 19.5 Å². The molecule has 3 aromatic rings. The van der Waals surface area contributed by atoms with Gasteiger partial charge >= 0.3 is 0 Å². The number of hydrogen-bond acceptors (Lipinski definition) is 5. The molecule has 7 nitrogen and oxygen atoms in total. The van der Waals surface area contributed by atoms with E-state index in [2.05, 4.69) is 15.8 Å². The van der Waals surface area contributed by atoms with Crippen molar-refractivity contribution >= 4 is 35.3 Å². The number of nitrogens with zero attached hydrogens (tertiary/aromatic N) is 1. The van der Waals surface area contributed by atoms with Crippen molar-refractivity contribution in [1.29, 1.82) is 0 Å². The number of carbonyl (C=O) groups excluding carboxylic acids is 2. The van der Waals surface area contributed by atoms with Crippen LogP contribution in [0.15, 0.2) is 65.8 Å². The highest BCUT2D eigenvalue weighted by Gasteiger charge is 2.16. The van der Waals surface area contributed by atoms with Gasteiger partial charge in [-0.1, -0.05) is 23.7 Å². The fourth-order valence-electron chi connectivity index (χ4n) is 2.76. The van der Waals surface area contributed by atoms with Gasteiger partial charge in [-0.05, 0) is 54.1 Å². The molecule has 0 aromatic heterocycles. The second-order valence-corrected chi connectivity index (χ2v) is 6.90. The molecule has 0 atom stereocenters. The largest absolute Gasteiger partial charge is 0.493 e. The Morgan fingerprint density at radius 1 is 0.938 bits per heavy atom. The summed E-state index contributed by atoms with van der Waals surface area (Å²) in [5.41, 5.74) is 3.62. The summed E-state index contributed by atoms with van der Waals surface area (Å²) >= 11 is 6.04. The van der Waals surface area contributed by atoms with Crippen LogP contribution in [0.4, 0.5) is 10.1 Å². The van der Waals surface area contributed by atoms with Gasteiger partial charge in [-0.25, -0.2) is 9.82 Å². The summed E-state index contributed by atoms with van der Waals surface area (Å²) in [6.45, 7) is 0. The van der Waals surface area contributed by atoms with Gasteiger partial charge in [0.2, 0.25) is 0 Å². The van der Waals surface area contributed by atoms with E-state index in [1.165, 1.54) is 62.9 Å². The van der Waals surface area contributed by atoms with Gasteiger partial charge in [-0.15, -0.1) is 0 Å². The lowest BCUT2D eigenvalue weighted by Gasteiger charge is -2.12. The molecule has 0 saturated heterocycles. The molecule has 0 heterocycles. The predicted molar refractivity (Wildman–Crippen MR) is 120 cm³/mol. The molecule has 0 bridgehead atoms. The van der Waals surface area contributed by atoms with Gasteiger partial charge in [0.1, 0.15) is 5.82 Å². The summed E-state index contributed by atoms with van der Waals surface area (Å²) in [5, 5.41) is 6.86. The molecule has 0 spiro atoms. The lowest BCUT2D eigenvalue weighted by atomic mass is 10.1. The second-order valence-electron chi connectivity index (χ2n) is 6.46. The molecule has 0 aliphatic heterocycles. The number of hydrazone groups is 1. The summed E-state index contributed by atoms with van der Waals surface area (Å²) < 4.78 is 23.4. The van der Waals surface area contributed by atoms with E-state index in [0.717, 1.165) is 0 Å². The SMILES string of the molecule is COc1ccc(C(=O)Nc2ccc(Cl)cc2C(=O)NN=Cc2ccc(F)cc2)cc1OC. The van der Waals surface area contributed by atoms with E-state index in [1.54, 1.807) is 18.2 Å². The number of methoxy groups -OCH3 is 2. The monoisotopic (exact) mass is 455 g/mol. The number of halogens is 2. The minimum absolute atomic E-state index is 0.114. The van der Waals surface area contributed by atoms with Crippen molar-refractivity contribution in [3.05, 3.63) is 88.2 Å².